The molecule has 0 spiro atoms. The summed E-state index contributed by atoms with van der Waals surface area (Å²) in [5, 5.41) is 13.4. The molecule has 0 aromatic carbocycles. The fourth-order valence-electron chi connectivity index (χ4n) is 4.45. The summed E-state index contributed by atoms with van der Waals surface area (Å²) in [5.74, 6) is 0.891. The number of hydrogen-bond donors (Lipinski definition) is 2. The second-order valence-electron chi connectivity index (χ2n) is 8.05. The van der Waals surface area contributed by atoms with Gasteiger partial charge in [-0.3, -0.25) is 0 Å². The van der Waals surface area contributed by atoms with Crippen molar-refractivity contribution < 1.29 is 5.11 Å². The zero-order valence-electron chi connectivity index (χ0n) is 12.8. The Morgan fingerprint density at radius 3 is 2.44 bits per heavy atom. The lowest BCUT2D eigenvalue weighted by atomic mass is 9.68. The van der Waals surface area contributed by atoms with Crippen molar-refractivity contribution in [3.8, 4) is 0 Å². The Labute approximate surface area is 113 Å². The van der Waals surface area contributed by atoms with E-state index in [1.165, 1.54) is 19.3 Å². The summed E-state index contributed by atoms with van der Waals surface area (Å²) in [6.45, 7) is 12.9. The maximum absolute atomic E-state index is 9.55. The summed E-state index contributed by atoms with van der Waals surface area (Å²) in [6.07, 6.45) is 5.21. The third-order valence-electron chi connectivity index (χ3n) is 6.24. The second-order valence-corrected chi connectivity index (χ2v) is 8.05. The quantitative estimate of drug-likeness (QED) is 0.788. The third kappa shape index (κ3) is 2.12. The van der Waals surface area contributed by atoms with Crippen LogP contribution in [0.25, 0.3) is 0 Å². The Hall–Kier alpha value is -0.0800. The summed E-state index contributed by atoms with van der Waals surface area (Å²) in [5.41, 5.74) is 0.934. The van der Waals surface area contributed by atoms with Gasteiger partial charge in [0.2, 0.25) is 0 Å². The lowest BCUT2D eigenvalue weighted by Crippen LogP contribution is -2.53. The molecule has 2 aliphatic carbocycles. The van der Waals surface area contributed by atoms with Gasteiger partial charge in [-0.15, -0.1) is 0 Å². The molecule has 2 rings (SSSR count). The van der Waals surface area contributed by atoms with Gasteiger partial charge in [0.25, 0.3) is 0 Å². The molecule has 0 aromatic rings. The van der Waals surface area contributed by atoms with E-state index in [2.05, 4.69) is 39.9 Å². The molecule has 2 bridgehead atoms. The predicted octanol–water partition coefficient (Wildman–Crippen LogP) is 3.20. The van der Waals surface area contributed by atoms with E-state index in [-0.39, 0.29) is 12.0 Å². The van der Waals surface area contributed by atoms with Crippen LogP contribution in [0.4, 0.5) is 0 Å². The summed E-state index contributed by atoms with van der Waals surface area (Å²) >= 11 is 0. The van der Waals surface area contributed by atoms with Crippen LogP contribution < -0.4 is 5.32 Å². The lowest BCUT2D eigenvalue weighted by molar-refractivity contribution is 0.0769. The van der Waals surface area contributed by atoms with Crippen LogP contribution in [0.2, 0.25) is 0 Å². The predicted molar refractivity (Wildman–Crippen MR) is 76.5 cm³/mol. The summed E-state index contributed by atoms with van der Waals surface area (Å²) in [4.78, 5) is 0. The molecule has 2 aliphatic rings. The van der Waals surface area contributed by atoms with Crippen LogP contribution in [-0.2, 0) is 0 Å². The minimum absolute atomic E-state index is 0.0360. The highest BCUT2D eigenvalue weighted by atomic mass is 16.3. The molecule has 0 heterocycles. The van der Waals surface area contributed by atoms with Gasteiger partial charge in [0.15, 0.2) is 0 Å². The largest absolute Gasteiger partial charge is 0.396 e. The Morgan fingerprint density at radius 1 is 1.33 bits per heavy atom. The molecule has 0 aliphatic heterocycles. The van der Waals surface area contributed by atoms with Crippen LogP contribution in [0.5, 0.6) is 0 Å². The topological polar surface area (TPSA) is 32.3 Å². The van der Waals surface area contributed by atoms with Crippen LogP contribution in [0.15, 0.2) is 0 Å². The Kier molecular flexibility index (Phi) is 3.57. The zero-order chi connectivity index (χ0) is 13.6. The van der Waals surface area contributed by atoms with Gasteiger partial charge in [-0.25, -0.2) is 0 Å². The molecular formula is C16H31NO. The van der Waals surface area contributed by atoms with Gasteiger partial charge in [-0.05, 0) is 42.4 Å². The Morgan fingerprint density at radius 2 is 2.00 bits per heavy atom. The van der Waals surface area contributed by atoms with Crippen LogP contribution in [0.3, 0.4) is 0 Å². The first kappa shape index (κ1) is 14.3. The molecule has 0 aromatic heterocycles. The molecule has 18 heavy (non-hydrogen) atoms. The minimum Gasteiger partial charge on any atom is -0.396 e. The molecule has 2 N–H and O–H groups in total. The highest BCUT2D eigenvalue weighted by Gasteiger charge is 2.59. The fraction of sp³-hybridized carbons (Fsp3) is 1.00. The van der Waals surface area contributed by atoms with E-state index in [1.807, 2.05) is 0 Å². The van der Waals surface area contributed by atoms with Crippen molar-refractivity contribution in [1.82, 2.24) is 5.32 Å². The smallest absolute Gasteiger partial charge is 0.0496 e. The minimum atomic E-state index is 0.0360. The summed E-state index contributed by atoms with van der Waals surface area (Å²) < 4.78 is 0. The standard InChI is InChI=1S/C16H31NO/c1-6-15(4,11-18)10-17-13-14(2,3)12-7-8-16(13,5)9-12/h12-13,17-18H,6-11H2,1-5H3. The average Bonchev–Trinajstić information content (AvgIpc) is 2.79. The number of hydrogen-bond acceptors (Lipinski definition) is 2. The molecule has 0 saturated heterocycles. The van der Waals surface area contributed by atoms with Crippen molar-refractivity contribution in [2.24, 2.45) is 22.2 Å². The summed E-state index contributed by atoms with van der Waals surface area (Å²) in [6, 6.07) is 0.612. The number of fused-ring (bicyclic) bond motifs is 2. The van der Waals surface area contributed by atoms with Gasteiger partial charge in [0, 0.05) is 24.6 Å². The van der Waals surface area contributed by atoms with Gasteiger partial charge >= 0.3 is 0 Å². The average molecular weight is 253 g/mol. The molecule has 2 saturated carbocycles. The first-order chi connectivity index (χ1) is 8.27. The van der Waals surface area contributed by atoms with E-state index in [0.29, 0.717) is 16.9 Å². The Balaban J connectivity index is 2.05. The number of rotatable bonds is 5. The van der Waals surface area contributed by atoms with E-state index >= 15 is 0 Å². The third-order valence-corrected chi connectivity index (χ3v) is 6.24. The van der Waals surface area contributed by atoms with Gasteiger partial charge in [-0.2, -0.15) is 0 Å². The van der Waals surface area contributed by atoms with Crippen molar-refractivity contribution >= 4 is 0 Å². The second kappa shape index (κ2) is 4.49. The maximum Gasteiger partial charge on any atom is 0.0496 e. The SMILES string of the molecule is CCC(C)(CO)CNC1C2(C)CCC(C2)C1(C)C. The molecule has 106 valence electrons. The monoisotopic (exact) mass is 253 g/mol. The highest BCUT2D eigenvalue weighted by molar-refractivity contribution is 5.12. The molecule has 2 heteroatoms. The van der Waals surface area contributed by atoms with Crippen LogP contribution in [0, 0.1) is 22.2 Å². The molecule has 4 atom stereocenters. The number of aliphatic hydroxyl groups excluding tert-OH is 1. The zero-order valence-corrected chi connectivity index (χ0v) is 12.8. The number of aliphatic hydroxyl groups is 1. The van der Waals surface area contributed by atoms with E-state index in [4.69, 9.17) is 0 Å². The number of nitrogens with one attached hydrogen (secondary N) is 1. The first-order valence-corrected chi connectivity index (χ1v) is 7.62. The van der Waals surface area contributed by atoms with Gasteiger partial charge in [-0.1, -0.05) is 34.6 Å². The van der Waals surface area contributed by atoms with Crippen molar-refractivity contribution in [1.29, 1.82) is 0 Å². The molecule has 0 amide bonds. The normalized spacial score (nSPS) is 41.0. The maximum atomic E-state index is 9.55. The van der Waals surface area contributed by atoms with E-state index in [0.717, 1.165) is 18.9 Å². The van der Waals surface area contributed by atoms with Crippen molar-refractivity contribution in [2.75, 3.05) is 13.2 Å². The summed E-state index contributed by atoms with van der Waals surface area (Å²) in [7, 11) is 0. The van der Waals surface area contributed by atoms with Crippen molar-refractivity contribution in [3.05, 3.63) is 0 Å². The lowest BCUT2D eigenvalue weighted by Gasteiger charge is -2.45. The van der Waals surface area contributed by atoms with Gasteiger partial charge < -0.3 is 10.4 Å². The first-order valence-electron chi connectivity index (χ1n) is 7.62. The molecule has 4 unspecified atom stereocenters. The van der Waals surface area contributed by atoms with Crippen molar-refractivity contribution in [2.45, 2.75) is 66.3 Å². The fourth-order valence-corrected chi connectivity index (χ4v) is 4.45. The molecule has 0 radical (unpaired) electrons. The molecule has 2 fully saturated rings. The van der Waals surface area contributed by atoms with E-state index < -0.39 is 0 Å². The Bertz CT molecular complexity index is 303. The molecule has 2 nitrogen and oxygen atoms in total. The van der Waals surface area contributed by atoms with Crippen LogP contribution in [-0.4, -0.2) is 24.3 Å². The highest BCUT2D eigenvalue weighted by Crippen LogP contribution is 2.62. The van der Waals surface area contributed by atoms with Gasteiger partial charge in [0.1, 0.15) is 0 Å². The van der Waals surface area contributed by atoms with Gasteiger partial charge in [0.05, 0.1) is 0 Å². The van der Waals surface area contributed by atoms with E-state index in [9.17, 15) is 5.11 Å². The van der Waals surface area contributed by atoms with Crippen LogP contribution >= 0.6 is 0 Å². The van der Waals surface area contributed by atoms with Crippen LogP contribution in [0.1, 0.15) is 60.3 Å². The molecular weight excluding hydrogens is 222 g/mol. The van der Waals surface area contributed by atoms with Crippen molar-refractivity contribution in [3.63, 3.8) is 0 Å². The van der Waals surface area contributed by atoms with E-state index in [1.54, 1.807) is 0 Å².